The van der Waals surface area contributed by atoms with Crippen LogP contribution in [-0.2, 0) is 0 Å². The van der Waals surface area contributed by atoms with Crippen molar-refractivity contribution in [2.24, 2.45) is 5.92 Å². The van der Waals surface area contributed by atoms with Crippen LogP contribution in [0.1, 0.15) is 24.1 Å². The normalized spacial score (nSPS) is 17.5. The first kappa shape index (κ1) is 16.7. The lowest BCUT2D eigenvalue weighted by Gasteiger charge is -2.23. The Kier molecular flexibility index (Phi) is 5.30. The smallest absolute Gasteiger partial charge is 0.262 e. The maximum atomic E-state index is 13.3. The standard InChI is InChI=1S/C19H23FN2O2/c1-13-10-16(20)6-8-17(13)24-19-18(7-5-14(2)22-19)23-12-15-4-3-9-21-11-15/h5-8,10,15,21H,3-4,9,11-12H2,1-2H3. The fraction of sp³-hybridized carbons (Fsp3) is 0.421. The molecule has 1 N–H and O–H groups in total. The molecule has 5 heteroatoms. The van der Waals surface area contributed by atoms with E-state index in [4.69, 9.17) is 9.47 Å². The predicted octanol–water partition coefficient (Wildman–Crippen LogP) is 4.01. The molecule has 1 unspecified atom stereocenters. The molecule has 0 saturated carbocycles. The van der Waals surface area contributed by atoms with Crippen LogP contribution < -0.4 is 14.8 Å². The van der Waals surface area contributed by atoms with Crippen molar-refractivity contribution in [3.05, 3.63) is 47.4 Å². The molecule has 0 amide bonds. The maximum Gasteiger partial charge on any atom is 0.262 e. The van der Waals surface area contributed by atoms with Gasteiger partial charge in [-0.2, -0.15) is 0 Å². The molecule has 4 nitrogen and oxygen atoms in total. The van der Waals surface area contributed by atoms with Crippen LogP contribution in [-0.4, -0.2) is 24.7 Å². The molecule has 2 aromatic rings. The SMILES string of the molecule is Cc1ccc(OCC2CCCNC2)c(Oc2ccc(F)cc2C)n1. The van der Waals surface area contributed by atoms with Gasteiger partial charge in [0.05, 0.1) is 6.61 Å². The van der Waals surface area contributed by atoms with E-state index >= 15 is 0 Å². The van der Waals surface area contributed by atoms with Crippen LogP contribution in [0.3, 0.4) is 0 Å². The summed E-state index contributed by atoms with van der Waals surface area (Å²) in [4.78, 5) is 4.44. The molecule has 128 valence electrons. The molecular weight excluding hydrogens is 307 g/mol. The molecule has 0 bridgehead atoms. The number of rotatable bonds is 5. The Bertz CT molecular complexity index is 700. The van der Waals surface area contributed by atoms with E-state index in [2.05, 4.69) is 10.3 Å². The highest BCUT2D eigenvalue weighted by Gasteiger charge is 2.16. The number of benzene rings is 1. The minimum absolute atomic E-state index is 0.279. The summed E-state index contributed by atoms with van der Waals surface area (Å²) >= 11 is 0. The van der Waals surface area contributed by atoms with E-state index in [1.807, 2.05) is 26.0 Å². The van der Waals surface area contributed by atoms with E-state index in [-0.39, 0.29) is 5.82 Å². The molecule has 1 aromatic heterocycles. The average Bonchev–Trinajstić information content (AvgIpc) is 2.57. The van der Waals surface area contributed by atoms with Gasteiger partial charge in [-0.3, -0.25) is 0 Å². The molecule has 0 aliphatic carbocycles. The van der Waals surface area contributed by atoms with Crippen LogP contribution in [0.25, 0.3) is 0 Å². The number of hydrogen-bond acceptors (Lipinski definition) is 4. The zero-order chi connectivity index (χ0) is 16.9. The van der Waals surface area contributed by atoms with Gasteiger partial charge < -0.3 is 14.8 Å². The van der Waals surface area contributed by atoms with Gasteiger partial charge in [0.25, 0.3) is 5.88 Å². The van der Waals surface area contributed by atoms with Crippen LogP contribution >= 0.6 is 0 Å². The summed E-state index contributed by atoms with van der Waals surface area (Å²) in [7, 11) is 0. The minimum Gasteiger partial charge on any atom is -0.488 e. The lowest BCUT2D eigenvalue weighted by molar-refractivity contribution is 0.211. The first-order valence-corrected chi connectivity index (χ1v) is 8.37. The van der Waals surface area contributed by atoms with Crippen molar-refractivity contribution < 1.29 is 13.9 Å². The molecule has 1 atom stereocenters. The minimum atomic E-state index is -0.279. The second-order valence-corrected chi connectivity index (χ2v) is 6.29. The van der Waals surface area contributed by atoms with E-state index in [0.29, 0.717) is 29.9 Å². The number of aromatic nitrogens is 1. The third-order valence-corrected chi connectivity index (χ3v) is 4.18. The van der Waals surface area contributed by atoms with Gasteiger partial charge in [-0.1, -0.05) is 0 Å². The van der Waals surface area contributed by atoms with Gasteiger partial charge in [-0.25, -0.2) is 9.37 Å². The van der Waals surface area contributed by atoms with E-state index < -0.39 is 0 Å². The molecule has 0 spiro atoms. The Morgan fingerprint density at radius 3 is 2.79 bits per heavy atom. The number of hydrogen-bond donors (Lipinski definition) is 1. The van der Waals surface area contributed by atoms with E-state index in [1.165, 1.54) is 25.0 Å². The Labute approximate surface area is 142 Å². The van der Waals surface area contributed by atoms with E-state index in [0.717, 1.165) is 24.3 Å². The van der Waals surface area contributed by atoms with Crippen LogP contribution in [0.15, 0.2) is 30.3 Å². The Hall–Kier alpha value is -2.14. The van der Waals surface area contributed by atoms with Gasteiger partial charge in [0, 0.05) is 18.2 Å². The third kappa shape index (κ3) is 4.23. The zero-order valence-electron chi connectivity index (χ0n) is 14.1. The zero-order valence-corrected chi connectivity index (χ0v) is 14.1. The molecule has 1 aliphatic rings. The highest BCUT2D eigenvalue weighted by atomic mass is 19.1. The number of nitrogens with zero attached hydrogens (tertiary/aromatic N) is 1. The van der Waals surface area contributed by atoms with E-state index in [1.54, 1.807) is 6.07 Å². The van der Waals surface area contributed by atoms with Crippen LogP contribution in [0.4, 0.5) is 4.39 Å². The molecule has 0 radical (unpaired) electrons. The number of nitrogens with one attached hydrogen (secondary N) is 1. The summed E-state index contributed by atoms with van der Waals surface area (Å²) in [6.07, 6.45) is 2.35. The highest BCUT2D eigenvalue weighted by molar-refractivity contribution is 5.41. The molecule has 1 fully saturated rings. The van der Waals surface area contributed by atoms with Gasteiger partial charge in [0.1, 0.15) is 11.6 Å². The second kappa shape index (κ2) is 7.62. The number of pyridine rings is 1. The number of ether oxygens (including phenoxy) is 2. The quantitative estimate of drug-likeness (QED) is 0.899. The summed E-state index contributed by atoms with van der Waals surface area (Å²) < 4.78 is 25.1. The van der Waals surface area contributed by atoms with Gasteiger partial charge in [-0.05, 0) is 69.1 Å². The molecule has 24 heavy (non-hydrogen) atoms. The lowest BCUT2D eigenvalue weighted by Crippen LogP contribution is -2.33. The van der Waals surface area contributed by atoms with Crippen molar-refractivity contribution in [3.8, 4) is 17.4 Å². The topological polar surface area (TPSA) is 43.4 Å². The van der Waals surface area contributed by atoms with Crippen LogP contribution in [0, 0.1) is 25.6 Å². The Balaban J connectivity index is 1.74. The van der Waals surface area contributed by atoms with Gasteiger partial charge in [0.2, 0.25) is 0 Å². The van der Waals surface area contributed by atoms with Gasteiger partial charge in [0.15, 0.2) is 5.75 Å². The van der Waals surface area contributed by atoms with Crippen molar-refractivity contribution in [1.82, 2.24) is 10.3 Å². The first-order chi connectivity index (χ1) is 11.6. The largest absolute Gasteiger partial charge is 0.488 e. The Morgan fingerprint density at radius 2 is 2.04 bits per heavy atom. The van der Waals surface area contributed by atoms with Crippen molar-refractivity contribution in [2.75, 3.05) is 19.7 Å². The molecule has 1 aromatic carbocycles. The van der Waals surface area contributed by atoms with E-state index in [9.17, 15) is 4.39 Å². The Morgan fingerprint density at radius 1 is 1.21 bits per heavy atom. The molecular formula is C19H23FN2O2. The average molecular weight is 330 g/mol. The van der Waals surface area contributed by atoms with Crippen LogP contribution in [0.2, 0.25) is 0 Å². The molecule has 1 aliphatic heterocycles. The predicted molar refractivity (Wildman–Crippen MR) is 91.3 cm³/mol. The number of piperidine rings is 1. The summed E-state index contributed by atoms with van der Waals surface area (Å²) in [6, 6.07) is 8.22. The van der Waals surface area contributed by atoms with Crippen molar-refractivity contribution in [2.45, 2.75) is 26.7 Å². The van der Waals surface area contributed by atoms with Gasteiger partial charge in [-0.15, -0.1) is 0 Å². The summed E-state index contributed by atoms with van der Waals surface area (Å²) in [5, 5.41) is 3.39. The number of aryl methyl sites for hydroxylation is 2. The fourth-order valence-corrected chi connectivity index (χ4v) is 2.81. The second-order valence-electron chi connectivity index (χ2n) is 6.29. The fourth-order valence-electron chi connectivity index (χ4n) is 2.81. The molecule has 3 rings (SSSR count). The summed E-state index contributed by atoms with van der Waals surface area (Å²) in [5.74, 6) is 1.85. The first-order valence-electron chi connectivity index (χ1n) is 8.37. The monoisotopic (exact) mass is 330 g/mol. The maximum absolute atomic E-state index is 13.3. The molecule has 1 saturated heterocycles. The lowest BCUT2D eigenvalue weighted by atomic mass is 10.0. The summed E-state index contributed by atoms with van der Waals surface area (Å²) in [6.45, 7) is 6.41. The summed E-state index contributed by atoms with van der Waals surface area (Å²) in [5.41, 5.74) is 1.57. The van der Waals surface area contributed by atoms with Gasteiger partial charge >= 0.3 is 0 Å². The molecule has 2 heterocycles. The third-order valence-electron chi connectivity index (χ3n) is 4.18. The highest BCUT2D eigenvalue weighted by Crippen LogP contribution is 2.32. The number of halogens is 1. The van der Waals surface area contributed by atoms with Crippen LogP contribution in [0.5, 0.6) is 17.4 Å². The van der Waals surface area contributed by atoms with Crippen molar-refractivity contribution in [1.29, 1.82) is 0 Å². The van der Waals surface area contributed by atoms with Crippen molar-refractivity contribution >= 4 is 0 Å². The van der Waals surface area contributed by atoms with Crippen molar-refractivity contribution in [3.63, 3.8) is 0 Å².